The van der Waals surface area contributed by atoms with E-state index in [9.17, 15) is 14.7 Å². The molecular weight excluding hydrogens is 272 g/mol. The molecule has 0 spiro atoms. The van der Waals surface area contributed by atoms with Crippen LogP contribution in [0.1, 0.15) is 29.5 Å². The average molecular weight is 290 g/mol. The molecule has 1 aromatic rings. The van der Waals surface area contributed by atoms with E-state index in [1.807, 2.05) is 24.3 Å². The second-order valence-corrected chi connectivity index (χ2v) is 5.71. The van der Waals surface area contributed by atoms with Crippen LogP contribution in [0.5, 0.6) is 0 Å². The lowest BCUT2D eigenvalue weighted by Crippen LogP contribution is -2.55. The first-order chi connectivity index (χ1) is 10.1. The largest absolute Gasteiger partial charge is 0.481 e. The van der Waals surface area contributed by atoms with Gasteiger partial charge in [-0.2, -0.15) is 0 Å². The van der Waals surface area contributed by atoms with Crippen molar-refractivity contribution in [2.45, 2.75) is 18.4 Å². The lowest BCUT2D eigenvalue weighted by molar-refractivity contribution is -0.138. The number of aliphatic carboxylic acids is 1. The van der Waals surface area contributed by atoms with Crippen molar-refractivity contribution in [3.8, 4) is 0 Å². The number of nitrogens with one attached hydrogen (secondary N) is 1. The van der Waals surface area contributed by atoms with Gasteiger partial charge in [-0.25, -0.2) is 4.79 Å². The Morgan fingerprint density at radius 3 is 2.52 bits per heavy atom. The Bertz CT molecular complexity index is 569. The Morgan fingerprint density at radius 1 is 1.24 bits per heavy atom. The van der Waals surface area contributed by atoms with E-state index in [1.165, 1.54) is 0 Å². The van der Waals surface area contributed by atoms with Gasteiger partial charge in [0.2, 0.25) is 0 Å². The molecule has 0 bridgehead atoms. The van der Waals surface area contributed by atoms with Crippen LogP contribution in [0.3, 0.4) is 0 Å². The van der Waals surface area contributed by atoms with Crippen molar-refractivity contribution in [3.05, 3.63) is 35.4 Å². The fraction of sp³-hybridized carbons (Fsp3) is 0.467. The van der Waals surface area contributed by atoms with Crippen molar-refractivity contribution < 1.29 is 19.8 Å². The summed E-state index contributed by atoms with van der Waals surface area (Å²) in [4.78, 5) is 25.1. The van der Waals surface area contributed by atoms with Gasteiger partial charge in [0.15, 0.2) is 0 Å². The zero-order valence-corrected chi connectivity index (χ0v) is 11.5. The molecule has 112 valence electrons. The van der Waals surface area contributed by atoms with Crippen molar-refractivity contribution in [2.75, 3.05) is 19.7 Å². The number of hydrogen-bond acceptors (Lipinski definition) is 3. The van der Waals surface area contributed by atoms with Crippen LogP contribution >= 0.6 is 0 Å². The number of carbonyl (C=O) groups is 2. The van der Waals surface area contributed by atoms with Crippen LogP contribution in [0.25, 0.3) is 0 Å². The first kappa shape index (κ1) is 13.9. The number of rotatable bonds is 3. The van der Waals surface area contributed by atoms with Crippen molar-refractivity contribution >= 4 is 12.0 Å². The summed E-state index contributed by atoms with van der Waals surface area (Å²) < 4.78 is 0. The summed E-state index contributed by atoms with van der Waals surface area (Å²) in [5.41, 5.74) is 1.67. The number of carboxylic acid groups (broad SMARTS) is 1. The topological polar surface area (TPSA) is 89.9 Å². The number of amides is 2. The van der Waals surface area contributed by atoms with Gasteiger partial charge in [0.1, 0.15) is 0 Å². The minimum atomic E-state index is -0.858. The van der Waals surface area contributed by atoms with E-state index in [2.05, 4.69) is 5.32 Å². The molecule has 3 rings (SSSR count). The highest BCUT2D eigenvalue weighted by Gasteiger charge is 2.38. The fourth-order valence-corrected chi connectivity index (χ4v) is 3.10. The van der Waals surface area contributed by atoms with Gasteiger partial charge in [0.05, 0.1) is 12.0 Å². The molecule has 6 nitrogen and oxygen atoms in total. The van der Waals surface area contributed by atoms with Gasteiger partial charge in [-0.3, -0.25) is 4.79 Å². The molecule has 1 saturated heterocycles. The number of carbonyl (C=O) groups excluding carboxylic acids is 1. The van der Waals surface area contributed by atoms with Gasteiger partial charge in [0, 0.05) is 25.6 Å². The number of likely N-dealkylation sites (tertiary alicyclic amines) is 1. The molecule has 2 amide bonds. The summed E-state index contributed by atoms with van der Waals surface area (Å²) in [6.45, 7) is 1.20. The van der Waals surface area contributed by atoms with Crippen LogP contribution in [0.4, 0.5) is 4.79 Å². The molecule has 1 aromatic carbocycles. The number of aliphatic hydroxyl groups is 1. The lowest BCUT2D eigenvalue weighted by atomic mass is 10.0. The molecule has 1 fully saturated rings. The average Bonchev–Trinajstić information content (AvgIpc) is 2.77. The van der Waals surface area contributed by atoms with Crippen molar-refractivity contribution in [1.82, 2.24) is 10.2 Å². The van der Waals surface area contributed by atoms with E-state index in [1.54, 1.807) is 4.90 Å². The molecule has 1 aliphatic carbocycles. The van der Waals surface area contributed by atoms with Crippen molar-refractivity contribution in [3.63, 3.8) is 0 Å². The normalized spacial score (nSPS) is 24.3. The van der Waals surface area contributed by atoms with Gasteiger partial charge in [0.25, 0.3) is 0 Å². The molecule has 6 heteroatoms. The molecule has 0 radical (unpaired) electrons. The molecule has 1 heterocycles. The van der Waals surface area contributed by atoms with E-state index in [4.69, 9.17) is 5.11 Å². The number of nitrogens with zero attached hydrogens (tertiary/aromatic N) is 1. The molecule has 2 atom stereocenters. The second kappa shape index (κ2) is 5.37. The molecule has 1 aliphatic heterocycles. The highest BCUT2D eigenvalue weighted by molar-refractivity contribution is 5.80. The number of fused-ring (bicyclic) bond motifs is 1. The summed E-state index contributed by atoms with van der Waals surface area (Å²) in [5.74, 6) is -1.25. The first-order valence-corrected chi connectivity index (χ1v) is 7.08. The molecule has 2 aliphatic rings. The number of carboxylic acids is 1. The predicted octanol–water partition coefficient (Wildman–Crippen LogP) is 0.933. The summed E-state index contributed by atoms with van der Waals surface area (Å²) in [5, 5.41) is 21.2. The highest BCUT2D eigenvalue weighted by atomic mass is 16.4. The van der Waals surface area contributed by atoms with Gasteiger partial charge in [-0.05, 0) is 17.5 Å². The molecule has 3 N–H and O–H groups in total. The van der Waals surface area contributed by atoms with Crippen molar-refractivity contribution in [1.29, 1.82) is 0 Å². The Balaban J connectivity index is 1.70. The van der Waals surface area contributed by atoms with Crippen LogP contribution in [-0.2, 0) is 4.79 Å². The van der Waals surface area contributed by atoms with Gasteiger partial charge < -0.3 is 20.4 Å². The maximum absolute atomic E-state index is 12.1. The van der Waals surface area contributed by atoms with Crippen LogP contribution < -0.4 is 5.32 Å². The van der Waals surface area contributed by atoms with Crippen LogP contribution in [0, 0.1) is 5.92 Å². The zero-order valence-electron chi connectivity index (χ0n) is 11.5. The Kier molecular flexibility index (Phi) is 3.55. The van der Waals surface area contributed by atoms with E-state index in [-0.39, 0.29) is 24.6 Å². The molecule has 0 saturated carbocycles. The van der Waals surface area contributed by atoms with E-state index >= 15 is 0 Å². The third-order valence-corrected chi connectivity index (χ3v) is 4.32. The summed E-state index contributed by atoms with van der Waals surface area (Å²) in [6, 6.07) is 6.91. The van der Waals surface area contributed by atoms with Crippen molar-refractivity contribution in [2.24, 2.45) is 5.92 Å². The standard InChI is InChI=1S/C15H18N2O4/c18-8-9-6-17(7-9)15(21)16-13-5-12(14(19)20)10-3-1-2-4-11(10)13/h1-4,9,12-13,18H,5-8H2,(H,16,21)(H,19,20). The smallest absolute Gasteiger partial charge is 0.317 e. The van der Waals surface area contributed by atoms with Gasteiger partial charge in [-0.1, -0.05) is 24.3 Å². The maximum Gasteiger partial charge on any atom is 0.317 e. The Morgan fingerprint density at radius 2 is 1.90 bits per heavy atom. The third kappa shape index (κ3) is 2.47. The summed E-state index contributed by atoms with van der Waals surface area (Å²) in [6.07, 6.45) is 0.387. The fourth-order valence-electron chi connectivity index (χ4n) is 3.10. The Hall–Kier alpha value is -2.08. The highest BCUT2D eigenvalue weighted by Crippen LogP contribution is 2.40. The molecular formula is C15H18N2O4. The molecule has 2 unspecified atom stereocenters. The van der Waals surface area contributed by atoms with Crippen LogP contribution in [0.2, 0.25) is 0 Å². The summed E-state index contributed by atoms with van der Waals surface area (Å²) >= 11 is 0. The quantitative estimate of drug-likeness (QED) is 0.772. The third-order valence-electron chi connectivity index (χ3n) is 4.32. The minimum Gasteiger partial charge on any atom is -0.481 e. The van der Waals surface area contributed by atoms with Crippen LogP contribution in [0.15, 0.2) is 24.3 Å². The van der Waals surface area contributed by atoms with Crippen LogP contribution in [-0.4, -0.2) is 46.8 Å². The molecule has 0 aromatic heterocycles. The summed E-state index contributed by atoms with van der Waals surface area (Å²) in [7, 11) is 0. The SMILES string of the molecule is O=C(O)C1CC(NC(=O)N2CC(CO)C2)c2ccccc21. The van der Waals surface area contributed by atoms with Gasteiger partial charge in [-0.15, -0.1) is 0 Å². The van der Waals surface area contributed by atoms with E-state index in [0.717, 1.165) is 11.1 Å². The number of benzene rings is 1. The first-order valence-electron chi connectivity index (χ1n) is 7.08. The van der Waals surface area contributed by atoms with E-state index < -0.39 is 11.9 Å². The number of hydrogen-bond donors (Lipinski definition) is 3. The monoisotopic (exact) mass is 290 g/mol. The second-order valence-electron chi connectivity index (χ2n) is 5.71. The Labute approximate surface area is 122 Å². The number of aliphatic hydroxyl groups excluding tert-OH is 1. The van der Waals surface area contributed by atoms with E-state index in [0.29, 0.717) is 19.5 Å². The lowest BCUT2D eigenvalue weighted by Gasteiger charge is -2.38. The predicted molar refractivity (Wildman–Crippen MR) is 74.9 cm³/mol. The van der Waals surface area contributed by atoms with Gasteiger partial charge >= 0.3 is 12.0 Å². The maximum atomic E-state index is 12.1. The zero-order chi connectivity index (χ0) is 15.0. The number of urea groups is 1. The molecule has 21 heavy (non-hydrogen) atoms. The minimum absolute atomic E-state index is 0.0944.